The zero-order valence-electron chi connectivity index (χ0n) is 15.0. The van der Waals surface area contributed by atoms with Gasteiger partial charge in [-0.05, 0) is 55.9 Å². The van der Waals surface area contributed by atoms with E-state index in [1.807, 2.05) is 12.3 Å². The fraction of sp³-hybridized carbons (Fsp3) is 0.286. The van der Waals surface area contributed by atoms with Crippen LogP contribution in [-0.2, 0) is 6.54 Å². The molecule has 5 nitrogen and oxygen atoms in total. The van der Waals surface area contributed by atoms with Crippen molar-refractivity contribution in [3.8, 4) is 22.3 Å². The zero-order valence-corrected chi connectivity index (χ0v) is 15.0. The maximum absolute atomic E-state index is 4.80. The van der Waals surface area contributed by atoms with Gasteiger partial charge in [0.15, 0.2) is 5.65 Å². The number of hydrogen-bond donors (Lipinski definition) is 1. The Morgan fingerprint density at radius 3 is 2.81 bits per heavy atom. The molecule has 0 saturated heterocycles. The number of nitrogens with zero attached hydrogens (tertiary/aromatic N) is 4. The molecule has 1 saturated carbocycles. The summed E-state index contributed by atoms with van der Waals surface area (Å²) in [7, 11) is 0. The van der Waals surface area contributed by atoms with Crippen molar-refractivity contribution in [3.63, 3.8) is 0 Å². The van der Waals surface area contributed by atoms with Gasteiger partial charge in [0, 0.05) is 29.6 Å². The van der Waals surface area contributed by atoms with Gasteiger partial charge in [0.2, 0.25) is 0 Å². The number of aromatic nitrogens is 5. The summed E-state index contributed by atoms with van der Waals surface area (Å²) in [5, 5.41) is 4.80. The summed E-state index contributed by atoms with van der Waals surface area (Å²) in [6, 6.07) is 10.7. The molecule has 0 radical (unpaired) electrons. The molecule has 0 bridgehead atoms. The van der Waals surface area contributed by atoms with Crippen LogP contribution in [0.5, 0.6) is 0 Å². The van der Waals surface area contributed by atoms with Gasteiger partial charge in [0.05, 0.1) is 17.5 Å². The summed E-state index contributed by atoms with van der Waals surface area (Å²) in [5.74, 6) is 0.817. The third-order valence-electron chi connectivity index (χ3n) is 5.30. The molecule has 4 aromatic rings. The highest BCUT2D eigenvalue weighted by molar-refractivity contribution is 5.90. The summed E-state index contributed by atoms with van der Waals surface area (Å²) in [6.45, 7) is 5.34. The number of nitrogens with one attached hydrogen (secondary N) is 1. The van der Waals surface area contributed by atoms with E-state index in [0.29, 0.717) is 0 Å². The Morgan fingerprint density at radius 2 is 1.96 bits per heavy atom. The Balaban J connectivity index is 1.61. The molecule has 3 heterocycles. The number of rotatable bonds is 4. The van der Waals surface area contributed by atoms with Crippen molar-refractivity contribution < 1.29 is 0 Å². The van der Waals surface area contributed by atoms with Gasteiger partial charge in [-0.15, -0.1) is 0 Å². The van der Waals surface area contributed by atoms with Crippen molar-refractivity contribution in [1.29, 1.82) is 0 Å². The number of benzene rings is 1. The lowest BCUT2D eigenvalue weighted by Gasteiger charge is -2.08. The normalized spacial score (nSPS) is 14.2. The lowest BCUT2D eigenvalue weighted by atomic mass is 9.98. The Hall–Kier alpha value is -2.95. The molecule has 0 amide bonds. The highest BCUT2D eigenvalue weighted by Gasteiger charge is 2.24. The SMILES string of the molecule is Cc1nn(CC2CC2)c(C)c1-c1cccc(-c2ccnc3nc[nH]c23)c1. The molecule has 1 aliphatic rings. The topological polar surface area (TPSA) is 59.4 Å². The minimum atomic E-state index is 0.748. The third kappa shape index (κ3) is 2.51. The first-order chi connectivity index (χ1) is 12.7. The largest absolute Gasteiger partial charge is 0.343 e. The second kappa shape index (κ2) is 5.80. The Bertz CT molecular complexity index is 1100. The highest BCUT2D eigenvalue weighted by atomic mass is 15.3. The van der Waals surface area contributed by atoms with E-state index in [9.17, 15) is 0 Å². The second-order valence-electron chi connectivity index (χ2n) is 7.21. The quantitative estimate of drug-likeness (QED) is 0.593. The molecule has 1 aliphatic carbocycles. The molecule has 130 valence electrons. The fourth-order valence-corrected chi connectivity index (χ4v) is 3.77. The number of hydrogen-bond acceptors (Lipinski definition) is 3. The Kier molecular flexibility index (Phi) is 3.42. The zero-order chi connectivity index (χ0) is 17.7. The first kappa shape index (κ1) is 15.3. The molecule has 1 N–H and O–H groups in total. The minimum absolute atomic E-state index is 0.748. The Morgan fingerprint density at radius 1 is 1.12 bits per heavy atom. The monoisotopic (exact) mass is 343 g/mol. The van der Waals surface area contributed by atoms with E-state index in [1.165, 1.54) is 29.7 Å². The standard InChI is InChI=1S/C21H21N5/c1-13-19(14(2)26(25-13)11-15-6-7-15)17-5-3-4-16(10-17)18-8-9-22-21-20(18)23-12-24-21/h3-5,8-10,12,15H,6-7,11H2,1-2H3,(H,22,23,24). The van der Waals surface area contributed by atoms with Gasteiger partial charge in [-0.3, -0.25) is 4.68 Å². The van der Waals surface area contributed by atoms with Gasteiger partial charge in [-0.1, -0.05) is 18.2 Å². The maximum Gasteiger partial charge on any atom is 0.178 e. The van der Waals surface area contributed by atoms with Crippen molar-refractivity contribution in [2.45, 2.75) is 33.2 Å². The number of H-pyrrole nitrogens is 1. The predicted octanol–water partition coefficient (Wildman–Crippen LogP) is 4.52. The van der Waals surface area contributed by atoms with Crippen molar-refractivity contribution >= 4 is 11.2 Å². The number of aromatic amines is 1. The first-order valence-electron chi connectivity index (χ1n) is 9.13. The summed E-state index contributed by atoms with van der Waals surface area (Å²) in [6.07, 6.45) is 6.19. The average molecular weight is 343 g/mol. The molecular formula is C21H21N5. The second-order valence-corrected chi connectivity index (χ2v) is 7.21. The van der Waals surface area contributed by atoms with Gasteiger partial charge in [-0.2, -0.15) is 5.10 Å². The van der Waals surface area contributed by atoms with Crippen LogP contribution in [0.1, 0.15) is 24.2 Å². The van der Waals surface area contributed by atoms with E-state index in [2.05, 4.69) is 57.7 Å². The van der Waals surface area contributed by atoms with E-state index < -0.39 is 0 Å². The van der Waals surface area contributed by atoms with E-state index >= 15 is 0 Å². The highest BCUT2D eigenvalue weighted by Crippen LogP contribution is 2.35. The molecular weight excluding hydrogens is 322 g/mol. The van der Waals surface area contributed by atoms with Gasteiger partial charge < -0.3 is 4.98 Å². The van der Waals surface area contributed by atoms with Crippen LogP contribution in [0, 0.1) is 19.8 Å². The van der Waals surface area contributed by atoms with Crippen molar-refractivity contribution in [1.82, 2.24) is 24.7 Å². The summed E-state index contributed by atoms with van der Waals surface area (Å²) in [5.41, 5.74) is 8.82. The average Bonchev–Trinajstić information content (AvgIpc) is 3.25. The van der Waals surface area contributed by atoms with Crippen LogP contribution in [0.4, 0.5) is 0 Å². The number of aryl methyl sites for hydroxylation is 1. The van der Waals surface area contributed by atoms with Gasteiger partial charge in [0.1, 0.15) is 0 Å². The molecule has 1 fully saturated rings. The van der Waals surface area contributed by atoms with Crippen LogP contribution in [0.3, 0.4) is 0 Å². The predicted molar refractivity (Wildman–Crippen MR) is 103 cm³/mol. The maximum atomic E-state index is 4.80. The summed E-state index contributed by atoms with van der Waals surface area (Å²) >= 11 is 0. The van der Waals surface area contributed by atoms with Crippen LogP contribution >= 0.6 is 0 Å². The molecule has 1 aromatic carbocycles. The molecule has 5 heteroatoms. The van der Waals surface area contributed by atoms with E-state index in [1.54, 1.807) is 6.33 Å². The van der Waals surface area contributed by atoms with Crippen LogP contribution < -0.4 is 0 Å². The van der Waals surface area contributed by atoms with Crippen LogP contribution in [0.2, 0.25) is 0 Å². The molecule has 0 atom stereocenters. The van der Waals surface area contributed by atoms with Crippen LogP contribution in [0.25, 0.3) is 33.4 Å². The molecule has 26 heavy (non-hydrogen) atoms. The number of pyridine rings is 1. The van der Waals surface area contributed by atoms with Gasteiger partial charge in [-0.25, -0.2) is 9.97 Å². The molecule has 0 aliphatic heterocycles. The van der Waals surface area contributed by atoms with Crippen molar-refractivity contribution in [2.75, 3.05) is 0 Å². The number of imidazole rings is 1. The smallest absolute Gasteiger partial charge is 0.178 e. The van der Waals surface area contributed by atoms with Crippen LogP contribution in [-0.4, -0.2) is 24.7 Å². The van der Waals surface area contributed by atoms with E-state index in [0.717, 1.165) is 40.4 Å². The Labute approximate surface area is 152 Å². The summed E-state index contributed by atoms with van der Waals surface area (Å²) in [4.78, 5) is 11.8. The van der Waals surface area contributed by atoms with Crippen molar-refractivity contribution in [2.24, 2.45) is 5.92 Å². The van der Waals surface area contributed by atoms with Crippen LogP contribution in [0.15, 0.2) is 42.9 Å². The molecule has 5 rings (SSSR count). The third-order valence-corrected chi connectivity index (χ3v) is 5.30. The molecule has 0 unspecified atom stereocenters. The van der Waals surface area contributed by atoms with E-state index in [4.69, 9.17) is 5.10 Å². The van der Waals surface area contributed by atoms with Crippen molar-refractivity contribution in [3.05, 3.63) is 54.2 Å². The van der Waals surface area contributed by atoms with Gasteiger partial charge >= 0.3 is 0 Å². The number of fused-ring (bicyclic) bond motifs is 1. The van der Waals surface area contributed by atoms with Gasteiger partial charge in [0.25, 0.3) is 0 Å². The first-order valence-corrected chi connectivity index (χ1v) is 9.13. The van der Waals surface area contributed by atoms with E-state index in [-0.39, 0.29) is 0 Å². The minimum Gasteiger partial charge on any atom is -0.343 e. The summed E-state index contributed by atoms with van der Waals surface area (Å²) < 4.78 is 2.19. The lowest BCUT2D eigenvalue weighted by Crippen LogP contribution is -2.04. The molecule has 3 aromatic heterocycles. The lowest BCUT2D eigenvalue weighted by molar-refractivity contribution is 0.547. The molecule has 0 spiro atoms. The fourth-order valence-electron chi connectivity index (χ4n) is 3.77.